The zero-order chi connectivity index (χ0) is 14.5. The Bertz CT molecular complexity index is 780. The van der Waals surface area contributed by atoms with E-state index in [0.717, 1.165) is 16.6 Å². The van der Waals surface area contributed by atoms with Gasteiger partial charge in [0.05, 0.1) is 11.7 Å². The molecular weight excluding hydrogens is 268 g/mol. The van der Waals surface area contributed by atoms with Crippen LogP contribution >= 0.6 is 0 Å². The summed E-state index contributed by atoms with van der Waals surface area (Å²) in [7, 11) is 0. The number of nitrogens with zero attached hydrogens (tertiary/aromatic N) is 5. The zero-order valence-electron chi connectivity index (χ0n) is 11.0. The SMILES string of the molecule is O=C(Cn1nnc2ccccc21)N/N=C\c1cccnc1. The van der Waals surface area contributed by atoms with Gasteiger partial charge in [0, 0.05) is 18.0 Å². The van der Waals surface area contributed by atoms with Gasteiger partial charge in [-0.25, -0.2) is 10.1 Å². The van der Waals surface area contributed by atoms with Crippen LogP contribution in [0.25, 0.3) is 11.0 Å². The number of hydrazone groups is 1. The Morgan fingerprint density at radius 1 is 1.29 bits per heavy atom. The molecule has 0 aliphatic rings. The Hall–Kier alpha value is -3.09. The monoisotopic (exact) mass is 280 g/mol. The summed E-state index contributed by atoms with van der Waals surface area (Å²) >= 11 is 0. The van der Waals surface area contributed by atoms with Gasteiger partial charge in [0.2, 0.25) is 0 Å². The second-order valence-corrected chi connectivity index (χ2v) is 4.32. The zero-order valence-corrected chi connectivity index (χ0v) is 11.0. The molecule has 21 heavy (non-hydrogen) atoms. The van der Waals surface area contributed by atoms with Crippen molar-refractivity contribution in [2.75, 3.05) is 0 Å². The first kappa shape index (κ1) is 12.9. The maximum absolute atomic E-state index is 11.8. The Balaban J connectivity index is 1.63. The van der Waals surface area contributed by atoms with Gasteiger partial charge in [-0.15, -0.1) is 5.10 Å². The predicted molar refractivity (Wildman–Crippen MR) is 77.5 cm³/mol. The topological polar surface area (TPSA) is 85.1 Å². The summed E-state index contributed by atoms with van der Waals surface area (Å²) in [6, 6.07) is 11.1. The van der Waals surface area contributed by atoms with Crippen molar-refractivity contribution < 1.29 is 4.79 Å². The van der Waals surface area contributed by atoms with Crippen molar-refractivity contribution in [3.63, 3.8) is 0 Å². The summed E-state index contributed by atoms with van der Waals surface area (Å²) in [5, 5.41) is 11.8. The quantitative estimate of drug-likeness (QED) is 0.570. The molecule has 0 unspecified atom stereocenters. The molecule has 0 aliphatic carbocycles. The lowest BCUT2D eigenvalue weighted by molar-refractivity contribution is -0.121. The molecule has 0 radical (unpaired) electrons. The highest BCUT2D eigenvalue weighted by molar-refractivity contribution is 5.83. The molecule has 104 valence electrons. The van der Waals surface area contributed by atoms with Crippen molar-refractivity contribution in [1.29, 1.82) is 0 Å². The average Bonchev–Trinajstić information content (AvgIpc) is 2.92. The molecule has 1 amide bonds. The summed E-state index contributed by atoms with van der Waals surface area (Å²) < 4.78 is 1.53. The number of aromatic nitrogens is 4. The molecule has 3 rings (SSSR count). The fraction of sp³-hybridized carbons (Fsp3) is 0.0714. The van der Waals surface area contributed by atoms with Crippen LogP contribution in [-0.4, -0.2) is 32.1 Å². The van der Waals surface area contributed by atoms with Gasteiger partial charge in [-0.3, -0.25) is 9.78 Å². The summed E-state index contributed by atoms with van der Waals surface area (Å²) in [5.74, 6) is -0.272. The van der Waals surface area contributed by atoms with Crippen LogP contribution in [0, 0.1) is 0 Å². The number of carbonyl (C=O) groups is 1. The van der Waals surface area contributed by atoms with Gasteiger partial charge in [0.15, 0.2) is 0 Å². The van der Waals surface area contributed by atoms with Gasteiger partial charge in [0.1, 0.15) is 12.1 Å². The Morgan fingerprint density at radius 3 is 3.05 bits per heavy atom. The van der Waals surface area contributed by atoms with Crippen LogP contribution in [0.2, 0.25) is 0 Å². The van der Waals surface area contributed by atoms with Gasteiger partial charge >= 0.3 is 0 Å². The second kappa shape index (κ2) is 5.91. The normalized spacial score (nSPS) is 11.0. The third-order valence-corrected chi connectivity index (χ3v) is 2.80. The van der Waals surface area contributed by atoms with E-state index in [2.05, 4.69) is 25.8 Å². The van der Waals surface area contributed by atoms with Crippen molar-refractivity contribution in [1.82, 2.24) is 25.4 Å². The van der Waals surface area contributed by atoms with E-state index in [0.29, 0.717) is 0 Å². The fourth-order valence-electron chi connectivity index (χ4n) is 1.84. The molecule has 1 N–H and O–H groups in total. The van der Waals surface area contributed by atoms with Crippen LogP contribution in [0.4, 0.5) is 0 Å². The van der Waals surface area contributed by atoms with Crippen molar-refractivity contribution in [2.24, 2.45) is 5.10 Å². The predicted octanol–water partition coefficient (Wildman–Crippen LogP) is 0.977. The van der Waals surface area contributed by atoms with Gasteiger partial charge in [0.25, 0.3) is 5.91 Å². The van der Waals surface area contributed by atoms with E-state index in [1.807, 2.05) is 30.3 Å². The number of hydrogen-bond acceptors (Lipinski definition) is 5. The lowest BCUT2D eigenvalue weighted by atomic mass is 10.3. The molecule has 0 bridgehead atoms. The highest BCUT2D eigenvalue weighted by Gasteiger charge is 2.07. The third kappa shape index (κ3) is 3.08. The average molecular weight is 280 g/mol. The van der Waals surface area contributed by atoms with Crippen LogP contribution in [0.5, 0.6) is 0 Å². The van der Waals surface area contributed by atoms with Crippen LogP contribution in [-0.2, 0) is 11.3 Å². The third-order valence-electron chi connectivity index (χ3n) is 2.80. The largest absolute Gasteiger partial charge is 0.271 e. The van der Waals surface area contributed by atoms with E-state index in [1.54, 1.807) is 18.5 Å². The smallest absolute Gasteiger partial charge is 0.261 e. The molecule has 0 atom stereocenters. The molecular formula is C14H12N6O. The van der Waals surface area contributed by atoms with Crippen molar-refractivity contribution in [3.05, 3.63) is 54.4 Å². The summed E-state index contributed by atoms with van der Waals surface area (Å²) in [6.07, 6.45) is 4.86. The number of nitrogens with one attached hydrogen (secondary N) is 1. The number of para-hydroxylation sites is 1. The highest BCUT2D eigenvalue weighted by atomic mass is 16.2. The number of carbonyl (C=O) groups excluding carboxylic acids is 1. The van der Waals surface area contributed by atoms with E-state index in [-0.39, 0.29) is 12.5 Å². The fourth-order valence-corrected chi connectivity index (χ4v) is 1.84. The molecule has 0 spiro atoms. The van der Waals surface area contributed by atoms with Gasteiger partial charge in [-0.2, -0.15) is 5.10 Å². The summed E-state index contributed by atoms with van der Waals surface area (Å²) in [5.41, 5.74) is 4.82. The van der Waals surface area contributed by atoms with E-state index >= 15 is 0 Å². The number of hydrogen-bond donors (Lipinski definition) is 1. The molecule has 0 aliphatic heterocycles. The first-order valence-corrected chi connectivity index (χ1v) is 6.33. The van der Waals surface area contributed by atoms with Crippen LogP contribution in [0.15, 0.2) is 53.9 Å². The number of amides is 1. The second-order valence-electron chi connectivity index (χ2n) is 4.32. The minimum atomic E-state index is -0.272. The Morgan fingerprint density at radius 2 is 2.19 bits per heavy atom. The Kier molecular flexibility index (Phi) is 3.64. The van der Waals surface area contributed by atoms with Crippen LogP contribution < -0.4 is 5.43 Å². The first-order valence-electron chi connectivity index (χ1n) is 6.33. The van der Waals surface area contributed by atoms with Crippen LogP contribution in [0.1, 0.15) is 5.56 Å². The summed E-state index contributed by atoms with van der Waals surface area (Å²) in [6.45, 7) is 0.0604. The van der Waals surface area contributed by atoms with Crippen molar-refractivity contribution in [2.45, 2.75) is 6.54 Å². The highest BCUT2D eigenvalue weighted by Crippen LogP contribution is 2.08. The standard InChI is InChI=1S/C14H12N6O/c21-14(18-16-9-11-4-3-7-15-8-11)10-20-13-6-2-1-5-12(13)17-19-20/h1-9H,10H2,(H,18,21)/b16-9-. The lowest BCUT2D eigenvalue weighted by Crippen LogP contribution is -2.23. The number of benzene rings is 1. The number of rotatable bonds is 4. The molecule has 7 nitrogen and oxygen atoms in total. The van der Waals surface area contributed by atoms with Gasteiger partial charge in [-0.05, 0) is 18.2 Å². The van der Waals surface area contributed by atoms with Crippen molar-refractivity contribution >= 4 is 23.2 Å². The van der Waals surface area contributed by atoms with E-state index < -0.39 is 0 Å². The van der Waals surface area contributed by atoms with E-state index in [9.17, 15) is 4.79 Å². The first-order chi connectivity index (χ1) is 10.3. The van der Waals surface area contributed by atoms with Crippen molar-refractivity contribution in [3.8, 4) is 0 Å². The minimum absolute atomic E-state index is 0.0604. The minimum Gasteiger partial charge on any atom is -0.271 e. The lowest BCUT2D eigenvalue weighted by Gasteiger charge is -2.00. The molecule has 2 heterocycles. The molecule has 0 fully saturated rings. The van der Waals surface area contributed by atoms with Gasteiger partial charge < -0.3 is 0 Å². The molecule has 3 aromatic rings. The van der Waals surface area contributed by atoms with E-state index in [1.165, 1.54) is 10.9 Å². The van der Waals surface area contributed by atoms with E-state index in [4.69, 9.17) is 0 Å². The number of fused-ring (bicyclic) bond motifs is 1. The van der Waals surface area contributed by atoms with Gasteiger partial charge in [-0.1, -0.05) is 23.4 Å². The summed E-state index contributed by atoms with van der Waals surface area (Å²) in [4.78, 5) is 15.8. The number of pyridine rings is 1. The molecule has 0 saturated carbocycles. The Labute approximate surface area is 120 Å². The molecule has 0 saturated heterocycles. The molecule has 2 aromatic heterocycles. The molecule has 7 heteroatoms. The maximum atomic E-state index is 11.8. The molecule has 1 aromatic carbocycles. The maximum Gasteiger partial charge on any atom is 0.261 e. The van der Waals surface area contributed by atoms with Crippen LogP contribution in [0.3, 0.4) is 0 Å².